The molecule has 0 radical (unpaired) electrons. The Hall–Kier alpha value is -2.77. The molecule has 1 saturated carbocycles. The molecule has 8 nitrogen and oxygen atoms in total. The van der Waals surface area contributed by atoms with E-state index < -0.39 is 5.54 Å². The van der Waals surface area contributed by atoms with Gasteiger partial charge in [0, 0.05) is 18.7 Å². The van der Waals surface area contributed by atoms with Crippen LogP contribution in [0.15, 0.2) is 24.5 Å². The van der Waals surface area contributed by atoms with Crippen molar-refractivity contribution in [3.8, 4) is 5.69 Å². The van der Waals surface area contributed by atoms with Gasteiger partial charge in [-0.25, -0.2) is 4.68 Å². The molecule has 0 spiro atoms. The summed E-state index contributed by atoms with van der Waals surface area (Å²) in [7, 11) is 0. The molecule has 2 aromatic rings. The summed E-state index contributed by atoms with van der Waals surface area (Å²) in [4.78, 5) is 28.1. The number of aryl methyl sites for hydroxylation is 1. The number of hydrogen-bond acceptors (Lipinski definition) is 5. The number of aromatic nitrogens is 4. The minimum absolute atomic E-state index is 0.0348. The Bertz CT molecular complexity index is 823. The number of nitrogens with one attached hydrogen (secondary N) is 1. The third-order valence-electron chi connectivity index (χ3n) is 5.57. The number of tetrazole rings is 1. The Kier molecular flexibility index (Phi) is 6.06. The summed E-state index contributed by atoms with van der Waals surface area (Å²) in [6, 6.07) is 5.38. The van der Waals surface area contributed by atoms with E-state index in [-0.39, 0.29) is 11.8 Å². The topological polar surface area (TPSA) is 93.0 Å². The minimum Gasteiger partial charge on any atom is -0.341 e. The SMILES string of the molecule is CCN(CC)C(=O)C1(NC(=O)c2ccc(-n3cnnn3)c(C)c2)CCCCC1. The van der Waals surface area contributed by atoms with E-state index in [9.17, 15) is 9.59 Å². The van der Waals surface area contributed by atoms with Gasteiger partial charge in [0.05, 0.1) is 5.69 Å². The lowest BCUT2D eigenvalue weighted by Crippen LogP contribution is -2.60. The Balaban J connectivity index is 1.84. The molecule has 1 N–H and O–H groups in total. The second-order valence-corrected chi connectivity index (χ2v) is 7.33. The van der Waals surface area contributed by atoms with Crippen LogP contribution in [-0.2, 0) is 4.79 Å². The molecule has 8 heteroatoms. The smallest absolute Gasteiger partial charge is 0.252 e. The number of likely N-dealkylation sites (N-methyl/N-ethyl adjacent to an activating group) is 1. The van der Waals surface area contributed by atoms with Gasteiger partial charge in [0.25, 0.3) is 5.91 Å². The van der Waals surface area contributed by atoms with Crippen LogP contribution in [0.1, 0.15) is 61.9 Å². The lowest BCUT2D eigenvalue weighted by molar-refractivity contribution is -0.139. The fourth-order valence-corrected chi connectivity index (χ4v) is 3.98. The molecule has 1 aliphatic carbocycles. The van der Waals surface area contributed by atoms with Gasteiger partial charge in [0.1, 0.15) is 11.9 Å². The van der Waals surface area contributed by atoms with Crippen LogP contribution in [0.25, 0.3) is 5.69 Å². The molecule has 150 valence electrons. The normalized spacial score (nSPS) is 15.8. The highest BCUT2D eigenvalue weighted by Crippen LogP contribution is 2.31. The van der Waals surface area contributed by atoms with Crippen LogP contribution >= 0.6 is 0 Å². The van der Waals surface area contributed by atoms with Crippen LogP contribution in [0.4, 0.5) is 0 Å². The fraction of sp³-hybridized carbons (Fsp3) is 0.550. The third kappa shape index (κ3) is 3.90. The second-order valence-electron chi connectivity index (χ2n) is 7.33. The Morgan fingerprint density at radius 2 is 1.89 bits per heavy atom. The van der Waals surface area contributed by atoms with Crippen molar-refractivity contribution in [3.63, 3.8) is 0 Å². The van der Waals surface area contributed by atoms with E-state index in [2.05, 4.69) is 20.8 Å². The molecular weight excluding hydrogens is 356 g/mol. The molecule has 1 fully saturated rings. The van der Waals surface area contributed by atoms with Crippen LogP contribution in [-0.4, -0.2) is 55.5 Å². The van der Waals surface area contributed by atoms with Crippen molar-refractivity contribution in [3.05, 3.63) is 35.7 Å². The molecule has 3 rings (SSSR count). The zero-order valence-electron chi connectivity index (χ0n) is 16.8. The largest absolute Gasteiger partial charge is 0.341 e. The van der Waals surface area contributed by atoms with Crippen molar-refractivity contribution in [1.82, 2.24) is 30.4 Å². The predicted octanol–water partition coefficient (Wildman–Crippen LogP) is 2.27. The standard InChI is InChI=1S/C20H28N6O2/c1-4-25(5-2)19(28)20(11-7-6-8-12-20)22-18(27)16-9-10-17(15(3)13-16)26-14-21-23-24-26/h9-10,13-14H,4-8,11-12H2,1-3H3,(H,22,27). The van der Waals surface area contributed by atoms with Gasteiger partial charge in [0.15, 0.2) is 0 Å². The van der Waals surface area contributed by atoms with Crippen LogP contribution in [0.5, 0.6) is 0 Å². The maximum absolute atomic E-state index is 13.2. The van der Waals surface area contributed by atoms with Gasteiger partial charge >= 0.3 is 0 Å². The average molecular weight is 384 g/mol. The van der Waals surface area contributed by atoms with Crippen LogP contribution in [0.3, 0.4) is 0 Å². The monoisotopic (exact) mass is 384 g/mol. The molecule has 1 aromatic carbocycles. The van der Waals surface area contributed by atoms with Crippen molar-refractivity contribution in [2.24, 2.45) is 0 Å². The average Bonchev–Trinajstić information content (AvgIpc) is 3.24. The van der Waals surface area contributed by atoms with E-state index in [1.165, 1.54) is 6.33 Å². The quantitative estimate of drug-likeness (QED) is 0.825. The molecule has 28 heavy (non-hydrogen) atoms. The molecule has 0 saturated heterocycles. The molecule has 0 aliphatic heterocycles. The van der Waals surface area contributed by atoms with Crippen molar-refractivity contribution in [2.45, 2.75) is 58.4 Å². The van der Waals surface area contributed by atoms with E-state index in [0.29, 0.717) is 31.5 Å². The van der Waals surface area contributed by atoms with Crippen molar-refractivity contribution in [1.29, 1.82) is 0 Å². The maximum atomic E-state index is 13.2. The number of carbonyl (C=O) groups is 2. The zero-order chi connectivity index (χ0) is 20.1. The first-order valence-corrected chi connectivity index (χ1v) is 9.96. The lowest BCUT2D eigenvalue weighted by Gasteiger charge is -2.40. The number of benzene rings is 1. The summed E-state index contributed by atoms with van der Waals surface area (Å²) in [6.07, 6.45) is 5.89. The van der Waals surface area contributed by atoms with Gasteiger partial charge in [-0.3, -0.25) is 9.59 Å². The Morgan fingerprint density at radius 1 is 1.18 bits per heavy atom. The Labute approximate surface area is 165 Å². The summed E-state index contributed by atoms with van der Waals surface area (Å²) in [5.74, 6) is -0.179. The minimum atomic E-state index is -0.802. The summed E-state index contributed by atoms with van der Waals surface area (Å²) in [5.41, 5.74) is 1.43. The fourth-order valence-electron chi connectivity index (χ4n) is 3.98. The molecule has 0 atom stereocenters. The maximum Gasteiger partial charge on any atom is 0.252 e. The molecule has 0 unspecified atom stereocenters. The number of hydrogen-bond donors (Lipinski definition) is 1. The molecule has 0 bridgehead atoms. The van der Waals surface area contributed by atoms with Gasteiger partial charge in [0.2, 0.25) is 5.91 Å². The first-order valence-electron chi connectivity index (χ1n) is 9.96. The number of nitrogens with zero attached hydrogens (tertiary/aromatic N) is 5. The molecule has 1 aromatic heterocycles. The van der Waals surface area contributed by atoms with Gasteiger partial charge in [-0.1, -0.05) is 19.3 Å². The van der Waals surface area contributed by atoms with Gasteiger partial charge in [-0.15, -0.1) is 5.10 Å². The van der Waals surface area contributed by atoms with Crippen LogP contribution in [0, 0.1) is 6.92 Å². The highest BCUT2D eigenvalue weighted by Gasteiger charge is 2.42. The van der Waals surface area contributed by atoms with E-state index >= 15 is 0 Å². The van der Waals surface area contributed by atoms with E-state index in [1.54, 1.807) is 10.7 Å². The highest BCUT2D eigenvalue weighted by atomic mass is 16.2. The van der Waals surface area contributed by atoms with Crippen molar-refractivity contribution in [2.75, 3.05) is 13.1 Å². The molecule has 2 amide bonds. The lowest BCUT2D eigenvalue weighted by atomic mass is 9.80. The number of rotatable bonds is 6. The molecular formula is C20H28N6O2. The van der Waals surface area contributed by atoms with E-state index in [4.69, 9.17) is 0 Å². The third-order valence-corrected chi connectivity index (χ3v) is 5.57. The first kappa shape index (κ1) is 20.0. The number of carbonyl (C=O) groups excluding carboxylic acids is 2. The summed E-state index contributed by atoms with van der Waals surface area (Å²) >= 11 is 0. The van der Waals surface area contributed by atoms with Gasteiger partial charge in [-0.2, -0.15) is 0 Å². The first-order chi connectivity index (χ1) is 13.5. The predicted molar refractivity (Wildman–Crippen MR) is 105 cm³/mol. The summed E-state index contributed by atoms with van der Waals surface area (Å²) in [6.45, 7) is 7.15. The van der Waals surface area contributed by atoms with Crippen LogP contribution < -0.4 is 5.32 Å². The summed E-state index contributed by atoms with van der Waals surface area (Å²) in [5, 5.41) is 14.3. The van der Waals surface area contributed by atoms with Crippen molar-refractivity contribution < 1.29 is 9.59 Å². The summed E-state index contributed by atoms with van der Waals surface area (Å²) < 4.78 is 1.56. The van der Waals surface area contributed by atoms with E-state index in [0.717, 1.165) is 30.5 Å². The number of amides is 2. The second kappa shape index (κ2) is 8.50. The molecule has 1 aliphatic rings. The molecule has 1 heterocycles. The van der Waals surface area contributed by atoms with Gasteiger partial charge < -0.3 is 10.2 Å². The van der Waals surface area contributed by atoms with Gasteiger partial charge in [-0.05, 0) is 67.8 Å². The zero-order valence-corrected chi connectivity index (χ0v) is 16.8. The van der Waals surface area contributed by atoms with E-state index in [1.807, 2.05) is 37.8 Å². The highest BCUT2D eigenvalue weighted by molar-refractivity contribution is 5.99. The van der Waals surface area contributed by atoms with Crippen molar-refractivity contribution >= 4 is 11.8 Å². The van der Waals surface area contributed by atoms with Crippen LogP contribution in [0.2, 0.25) is 0 Å². The Morgan fingerprint density at radius 3 is 2.46 bits per heavy atom.